The first-order chi connectivity index (χ1) is 12.9. The van der Waals surface area contributed by atoms with E-state index in [0.717, 1.165) is 35.6 Å². The van der Waals surface area contributed by atoms with Crippen molar-refractivity contribution in [2.24, 2.45) is 5.41 Å². The molecular formula is C20H21F3N2O3. The van der Waals surface area contributed by atoms with Crippen molar-refractivity contribution in [2.75, 3.05) is 5.32 Å². The van der Waals surface area contributed by atoms with Crippen molar-refractivity contribution >= 4 is 17.5 Å². The fourth-order valence-corrected chi connectivity index (χ4v) is 3.50. The Labute approximate surface area is 160 Å². The summed E-state index contributed by atoms with van der Waals surface area (Å²) < 4.78 is 44.1. The highest BCUT2D eigenvalue weighted by Gasteiger charge is 2.36. The average Bonchev–Trinajstić information content (AvgIpc) is 2.93. The molecule has 1 aromatic heterocycles. The van der Waals surface area contributed by atoms with E-state index in [-0.39, 0.29) is 11.1 Å². The second kappa shape index (κ2) is 7.00. The number of fused-ring (bicyclic) bond motifs is 1. The molecule has 0 bridgehead atoms. The molecule has 1 aliphatic carbocycles. The molecule has 0 spiro atoms. The molecule has 0 radical (unpaired) electrons. The number of aryl methyl sites for hydroxylation is 1. The molecule has 1 atom stereocenters. The summed E-state index contributed by atoms with van der Waals surface area (Å²) in [5.74, 6) is -0.443. The van der Waals surface area contributed by atoms with Crippen molar-refractivity contribution < 1.29 is 27.2 Å². The lowest BCUT2D eigenvalue weighted by Crippen LogP contribution is -2.41. The number of alkyl halides is 3. The van der Waals surface area contributed by atoms with Crippen molar-refractivity contribution in [3.05, 3.63) is 53.0 Å². The molecule has 1 heterocycles. The average molecular weight is 394 g/mol. The van der Waals surface area contributed by atoms with E-state index in [1.165, 1.54) is 12.1 Å². The molecule has 2 N–H and O–H groups in total. The van der Waals surface area contributed by atoms with Gasteiger partial charge < -0.3 is 15.1 Å². The zero-order valence-electron chi connectivity index (χ0n) is 15.7. The summed E-state index contributed by atoms with van der Waals surface area (Å²) in [6.07, 6.45) is -3.20. The van der Waals surface area contributed by atoms with Crippen molar-refractivity contribution in [2.45, 2.75) is 45.8 Å². The van der Waals surface area contributed by atoms with E-state index < -0.39 is 29.6 Å². The van der Waals surface area contributed by atoms with Crippen LogP contribution in [-0.4, -0.2) is 11.8 Å². The van der Waals surface area contributed by atoms with Gasteiger partial charge in [0.2, 0.25) is 0 Å². The Bertz CT molecular complexity index is 916. The van der Waals surface area contributed by atoms with Crippen molar-refractivity contribution in [3.8, 4) is 0 Å². The first kappa shape index (κ1) is 20.0. The van der Waals surface area contributed by atoms with Gasteiger partial charge in [-0.15, -0.1) is 0 Å². The van der Waals surface area contributed by atoms with E-state index in [1.54, 1.807) is 0 Å². The Morgan fingerprint density at radius 1 is 1.18 bits per heavy atom. The van der Waals surface area contributed by atoms with E-state index in [0.29, 0.717) is 6.42 Å². The van der Waals surface area contributed by atoms with E-state index in [9.17, 15) is 22.8 Å². The third-order valence-electron chi connectivity index (χ3n) is 4.70. The molecular weight excluding hydrogens is 373 g/mol. The topological polar surface area (TPSA) is 71.3 Å². The molecule has 2 amide bonds. The second-order valence-electron chi connectivity index (χ2n) is 7.84. The minimum absolute atomic E-state index is 0.0983. The van der Waals surface area contributed by atoms with Crippen molar-refractivity contribution in [1.82, 2.24) is 5.32 Å². The molecule has 1 aliphatic rings. The smallest absolute Gasteiger partial charge is 0.416 e. The maximum absolute atomic E-state index is 12.8. The summed E-state index contributed by atoms with van der Waals surface area (Å²) in [5.41, 5.74) is -0.304. The summed E-state index contributed by atoms with van der Waals surface area (Å²) in [6.45, 7) is 5.88. The quantitative estimate of drug-likeness (QED) is 0.743. The van der Waals surface area contributed by atoms with Gasteiger partial charge in [-0.3, -0.25) is 9.59 Å². The number of nitrogens with one attached hydrogen (secondary N) is 2. The fourth-order valence-electron chi connectivity index (χ4n) is 3.50. The van der Waals surface area contributed by atoms with Gasteiger partial charge in [-0.2, -0.15) is 13.2 Å². The molecule has 0 unspecified atom stereocenters. The number of carbonyl (C=O) groups excluding carboxylic acids is 2. The molecule has 0 fully saturated rings. The number of benzene rings is 1. The number of anilines is 1. The van der Waals surface area contributed by atoms with Gasteiger partial charge in [0.15, 0.2) is 0 Å². The lowest BCUT2D eigenvalue weighted by molar-refractivity contribution is -0.137. The first-order valence-corrected chi connectivity index (χ1v) is 8.83. The molecule has 150 valence electrons. The first-order valence-electron chi connectivity index (χ1n) is 8.83. The molecule has 0 aliphatic heterocycles. The second-order valence-corrected chi connectivity index (χ2v) is 7.84. The van der Waals surface area contributed by atoms with E-state index in [2.05, 4.69) is 10.6 Å². The molecule has 1 aromatic carbocycles. The lowest BCUT2D eigenvalue weighted by atomic mass is 9.74. The highest BCUT2D eigenvalue weighted by Crippen LogP contribution is 2.42. The standard InChI is InChI=1S/C20H21F3N2O3/c1-11-7-14-15(9-19(2,3)10-16(14)28-11)25-18(27)17(26)24-13-6-4-5-12(8-13)20(21,22)23/h4-8,15H,9-10H2,1-3H3,(H,24,26)(H,25,27)/t15-/m1/s1. The summed E-state index contributed by atoms with van der Waals surface area (Å²) in [5, 5.41) is 4.89. The van der Waals surface area contributed by atoms with Crippen LogP contribution in [0.4, 0.5) is 18.9 Å². The maximum Gasteiger partial charge on any atom is 0.416 e. The van der Waals surface area contributed by atoms with Crippen molar-refractivity contribution in [1.29, 1.82) is 0 Å². The molecule has 0 saturated carbocycles. The Morgan fingerprint density at radius 2 is 1.89 bits per heavy atom. The third kappa shape index (κ3) is 4.37. The molecule has 0 saturated heterocycles. The number of rotatable bonds is 2. The van der Waals surface area contributed by atoms with Crippen LogP contribution in [0.15, 0.2) is 34.7 Å². The van der Waals surface area contributed by atoms with Crippen LogP contribution in [0.2, 0.25) is 0 Å². The fraction of sp³-hybridized carbons (Fsp3) is 0.400. The minimum atomic E-state index is -4.54. The van der Waals surface area contributed by atoms with Gasteiger partial charge >= 0.3 is 18.0 Å². The van der Waals surface area contributed by atoms with Crippen LogP contribution in [0.3, 0.4) is 0 Å². The van der Waals surface area contributed by atoms with Gasteiger partial charge in [0.05, 0.1) is 11.6 Å². The van der Waals surface area contributed by atoms with Crippen LogP contribution in [0.5, 0.6) is 0 Å². The van der Waals surface area contributed by atoms with Gasteiger partial charge in [0.1, 0.15) is 11.5 Å². The minimum Gasteiger partial charge on any atom is -0.466 e. The molecule has 3 rings (SSSR count). The van der Waals surface area contributed by atoms with Gasteiger partial charge in [-0.1, -0.05) is 19.9 Å². The molecule has 5 nitrogen and oxygen atoms in total. The summed E-state index contributed by atoms with van der Waals surface area (Å²) in [7, 11) is 0. The third-order valence-corrected chi connectivity index (χ3v) is 4.70. The number of halogens is 3. The summed E-state index contributed by atoms with van der Waals surface area (Å²) in [4.78, 5) is 24.5. The van der Waals surface area contributed by atoms with Crippen LogP contribution < -0.4 is 10.6 Å². The Morgan fingerprint density at radius 3 is 2.57 bits per heavy atom. The molecule has 8 heteroatoms. The maximum atomic E-state index is 12.8. The zero-order valence-corrected chi connectivity index (χ0v) is 15.7. The van der Waals surface area contributed by atoms with Crippen molar-refractivity contribution in [3.63, 3.8) is 0 Å². The number of furan rings is 1. The van der Waals surface area contributed by atoms with Crippen LogP contribution in [0.1, 0.15) is 49.0 Å². The van der Waals surface area contributed by atoms with Crippen LogP contribution in [0, 0.1) is 12.3 Å². The monoisotopic (exact) mass is 394 g/mol. The normalized spacial score (nSPS) is 18.3. The van der Waals surface area contributed by atoms with Crippen LogP contribution in [-0.2, 0) is 22.2 Å². The predicted octanol–water partition coefficient (Wildman–Crippen LogP) is 4.38. The van der Waals surface area contributed by atoms with Gasteiger partial charge in [-0.05, 0) is 43.0 Å². The summed E-state index contributed by atoms with van der Waals surface area (Å²) in [6, 6.07) is 5.56. The molecule has 28 heavy (non-hydrogen) atoms. The number of carbonyl (C=O) groups is 2. The van der Waals surface area contributed by atoms with Gasteiger partial charge in [0.25, 0.3) is 0 Å². The highest BCUT2D eigenvalue weighted by molar-refractivity contribution is 6.39. The SMILES string of the molecule is Cc1cc2c(o1)CC(C)(C)C[C@H]2NC(=O)C(=O)Nc1cccc(C(F)(F)F)c1. The van der Waals surface area contributed by atoms with E-state index in [1.807, 2.05) is 26.8 Å². The highest BCUT2D eigenvalue weighted by atomic mass is 19.4. The van der Waals surface area contributed by atoms with Crippen LogP contribution in [0.25, 0.3) is 0 Å². The number of hydrogen-bond acceptors (Lipinski definition) is 3. The molecule has 2 aromatic rings. The zero-order chi connectivity index (χ0) is 20.7. The Hall–Kier alpha value is -2.77. The van der Waals surface area contributed by atoms with Gasteiger partial charge in [-0.25, -0.2) is 0 Å². The van der Waals surface area contributed by atoms with E-state index in [4.69, 9.17) is 4.42 Å². The van der Waals surface area contributed by atoms with Crippen LogP contribution >= 0.6 is 0 Å². The lowest BCUT2D eigenvalue weighted by Gasteiger charge is -2.34. The van der Waals surface area contributed by atoms with E-state index >= 15 is 0 Å². The van der Waals surface area contributed by atoms with Gasteiger partial charge in [0, 0.05) is 17.7 Å². The predicted molar refractivity (Wildman–Crippen MR) is 96.5 cm³/mol. The summed E-state index contributed by atoms with van der Waals surface area (Å²) >= 11 is 0. The number of amides is 2. The Balaban J connectivity index is 1.72. The Kier molecular flexibility index (Phi) is 4.99. The largest absolute Gasteiger partial charge is 0.466 e. The number of hydrogen-bond donors (Lipinski definition) is 2.